The van der Waals surface area contributed by atoms with Gasteiger partial charge in [0.25, 0.3) is 0 Å². The molecular formula is C19H14Br2OS. The van der Waals surface area contributed by atoms with Crippen LogP contribution in [0, 0.1) is 0 Å². The number of hydrogen-bond acceptors (Lipinski definition) is 2. The Balaban J connectivity index is 1.86. The molecule has 0 aromatic heterocycles. The lowest BCUT2D eigenvalue weighted by atomic mass is 10.0. The van der Waals surface area contributed by atoms with Gasteiger partial charge in [-0.3, -0.25) is 4.79 Å². The molecule has 1 nitrogen and oxygen atoms in total. The van der Waals surface area contributed by atoms with E-state index in [1.54, 1.807) is 11.8 Å². The minimum Gasteiger partial charge on any atom is -0.289 e. The summed E-state index contributed by atoms with van der Waals surface area (Å²) in [5, 5.41) is 0. The van der Waals surface area contributed by atoms with E-state index >= 15 is 0 Å². The van der Waals surface area contributed by atoms with Gasteiger partial charge in [0, 0.05) is 31.6 Å². The number of halogens is 2. The number of hydrogen-bond donors (Lipinski definition) is 0. The highest BCUT2D eigenvalue weighted by molar-refractivity contribution is 9.10. The van der Waals surface area contributed by atoms with Gasteiger partial charge in [-0.1, -0.05) is 56.1 Å². The first-order valence-electron chi connectivity index (χ1n) is 7.16. The van der Waals surface area contributed by atoms with E-state index in [-0.39, 0.29) is 5.78 Å². The Kier molecular flexibility index (Phi) is 5.57. The predicted molar refractivity (Wildman–Crippen MR) is 107 cm³/mol. The van der Waals surface area contributed by atoms with E-state index in [0.717, 1.165) is 42.7 Å². The molecule has 0 saturated carbocycles. The minimum atomic E-state index is 0.162. The molecule has 0 atom stereocenters. The smallest absolute Gasteiger partial charge is 0.186 e. The average molecular weight is 450 g/mol. The summed E-state index contributed by atoms with van der Waals surface area (Å²) in [5.41, 5.74) is 3.85. The van der Waals surface area contributed by atoms with Gasteiger partial charge < -0.3 is 0 Å². The van der Waals surface area contributed by atoms with Gasteiger partial charge in [0.05, 0.1) is 0 Å². The van der Waals surface area contributed by atoms with Gasteiger partial charge in [-0.05, 0) is 47.5 Å². The summed E-state index contributed by atoms with van der Waals surface area (Å²) in [6, 6.07) is 16.0. The van der Waals surface area contributed by atoms with E-state index < -0.39 is 0 Å². The van der Waals surface area contributed by atoms with E-state index in [1.807, 2.05) is 60.7 Å². The average Bonchev–Trinajstić information content (AvgIpc) is 2.55. The molecule has 1 heterocycles. The molecule has 3 rings (SSSR count). The number of ketones is 1. The fourth-order valence-electron chi connectivity index (χ4n) is 2.34. The number of rotatable bonds is 2. The monoisotopic (exact) mass is 448 g/mol. The van der Waals surface area contributed by atoms with Crippen molar-refractivity contribution in [1.29, 1.82) is 0 Å². The predicted octanol–water partition coefficient (Wildman–Crippen LogP) is 5.99. The van der Waals surface area contributed by atoms with Crippen molar-refractivity contribution in [3.8, 4) is 0 Å². The lowest BCUT2D eigenvalue weighted by Gasteiger charge is -2.16. The molecular weight excluding hydrogens is 436 g/mol. The highest BCUT2D eigenvalue weighted by Gasteiger charge is 2.20. The van der Waals surface area contributed by atoms with Gasteiger partial charge in [0.15, 0.2) is 5.78 Å². The highest BCUT2D eigenvalue weighted by Crippen LogP contribution is 2.27. The van der Waals surface area contributed by atoms with Crippen molar-refractivity contribution in [2.45, 2.75) is 0 Å². The standard InChI is InChI=1S/C19H14Br2OS/c20-17-5-1-13(2-6-17)9-15-11-23-12-16(19(15)22)10-14-3-7-18(21)8-4-14/h1-10H,11-12H2/b15-9+,16-10+. The molecule has 2 aromatic carbocycles. The maximum atomic E-state index is 12.7. The molecule has 0 amide bonds. The first-order chi connectivity index (χ1) is 11.1. The fraction of sp³-hybridized carbons (Fsp3) is 0.105. The summed E-state index contributed by atoms with van der Waals surface area (Å²) < 4.78 is 2.08. The molecule has 0 bridgehead atoms. The number of Topliss-reactive ketones (excluding diaryl/α,β-unsaturated/α-hetero) is 1. The van der Waals surface area contributed by atoms with Crippen LogP contribution >= 0.6 is 43.6 Å². The maximum absolute atomic E-state index is 12.7. The first kappa shape index (κ1) is 16.7. The van der Waals surface area contributed by atoms with Crippen molar-refractivity contribution in [3.63, 3.8) is 0 Å². The molecule has 4 heteroatoms. The van der Waals surface area contributed by atoms with Gasteiger partial charge in [-0.15, -0.1) is 0 Å². The topological polar surface area (TPSA) is 17.1 Å². The van der Waals surface area contributed by atoms with E-state index in [2.05, 4.69) is 31.9 Å². The summed E-state index contributed by atoms with van der Waals surface area (Å²) in [7, 11) is 0. The van der Waals surface area contributed by atoms with E-state index in [0.29, 0.717) is 0 Å². The SMILES string of the molecule is O=C1/C(=C/c2ccc(Br)cc2)CSC/C1=C\c1ccc(Br)cc1. The summed E-state index contributed by atoms with van der Waals surface area (Å²) in [6.45, 7) is 0. The van der Waals surface area contributed by atoms with E-state index in [9.17, 15) is 4.79 Å². The third-order valence-corrected chi connectivity index (χ3v) is 5.61. The quantitative estimate of drug-likeness (QED) is 0.523. The van der Waals surface area contributed by atoms with Gasteiger partial charge >= 0.3 is 0 Å². The summed E-state index contributed by atoms with van der Waals surface area (Å²) in [6.07, 6.45) is 3.99. The molecule has 23 heavy (non-hydrogen) atoms. The molecule has 0 spiro atoms. The van der Waals surface area contributed by atoms with Crippen molar-refractivity contribution in [1.82, 2.24) is 0 Å². The van der Waals surface area contributed by atoms with Crippen molar-refractivity contribution in [3.05, 3.63) is 79.7 Å². The van der Waals surface area contributed by atoms with Crippen LogP contribution < -0.4 is 0 Å². The van der Waals surface area contributed by atoms with Crippen LogP contribution in [0.15, 0.2) is 68.6 Å². The number of carbonyl (C=O) groups excluding carboxylic acids is 1. The Morgan fingerprint density at radius 2 is 1.13 bits per heavy atom. The second-order valence-corrected chi connectivity index (χ2v) is 8.08. The van der Waals surface area contributed by atoms with E-state index in [1.165, 1.54) is 0 Å². The molecule has 2 aromatic rings. The van der Waals surface area contributed by atoms with Gasteiger partial charge in [-0.2, -0.15) is 11.8 Å². The van der Waals surface area contributed by atoms with Crippen LogP contribution in [0.3, 0.4) is 0 Å². The van der Waals surface area contributed by atoms with Crippen molar-refractivity contribution >= 4 is 61.6 Å². The van der Waals surface area contributed by atoms with Gasteiger partial charge in [-0.25, -0.2) is 0 Å². The van der Waals surface area contributed by atoms with Gasteiger partial charge in [0.1, 0.15) is 0 Å². The zero-order valence-electron chi connectivity index (χ0n) is 12.3. The Hall–Kier alpha value is -1.10. The normalized spacial score (nSPS) is 18.6. The van der Waals surface area contributed by atoms with Crippen LogP contribution in [0.2, 0.25) is 0 Å². The summed E-state index contributed by atoms with van der Waals surface area (Å²) >= 11 is 8.64. The Morgan fingerprint density at radius 1 is 0.739 bits per heavy atom. The van der Waals surface area contributed by atoms with Crippen molar-refractivity contribution in [2.24, 2.45) is 0 Å². The molecule has 1 aliphatic rings. The maximum Gasteiger partial charge on any atom is 0.186 e. The molecule has 116 valence electrons. The van der Waals surface area contributed by atoms with Crippen LogP contribution in [0.5, 0.6) is 0 Å². The van der Waals surface area contributed by atoms with Crippen LogP contribution in [-0.2, 0) is 4.79 Å². The van der Waals surface area contributed by atoms with Crippen LogP contribution in [-0.4, -0.2) is 17.3 Å². The Morgan fingerprint density at radius 3 is 1.52 bits per heavy atom. The number of thioether (sulfide) groups is 1. The third-order valence-electron chi connectivity index (χ3n) is 3.52. The number of carbonyl (C=O) groups is 1. The highest BCUT2D eigenvalue weighted by atomic mass is 79.9. The molecule has 0 radical (unpaired) electrons. The van der Waals surface area contributed by atoms with Gasteiger partial charge in [0.2, 0.25) is 0 Å². The molecule has 1 saturated heterocycles. The second-order valence-electron chi connectivity index (χ2n) is 5.26. The van der Waals surface area contributed by atoms with Crippen LogP contribution in [0.4, 0.5) is 0 Å². The fourth-order valence-corrected chi connectivity index (χ4v) is 3.84. The molecule has 0 unspecified atom stereocenters. The number of benzene rings is 2. The van der Waals surface area contributed by atoms with Crippen LogP contribution in [0.1, 0.15) is 11.1 Å². The Bertz CT molecular complexity index is 709. The zero-order chi connectivity index (χ0) is 16.2. The largest absolute Gasteiger partial charge is 0.289 e. The lowest BCUT2D eigenvalue weighted by molar-refractivity contribution is -0.112. The summed E-state index contributed by atoms with van der Waals surface area (Å²) in [5.74, 6) is 1.70. The van der Waals surface area contributed by atoms with E-state index in [4.69, 9.17) is 0 Å². The van der Waals surface area contributed by atoms with Crippen molar-refractivity contribution in [2.75, 3.05) is 11.5 Å². The van der Waals surface area contributed by atoms with Crippen LogP contribution in [0.25, 0.3) is 12.2 Å². The third kappa shape index (κ3) is 4.46. The summed E-state index contributed by atoms with van der Waals surface area (Å²) in [4.78, 5) is 12.7. The Labute approximate surface area is 157 Å². The lowest BCUT2D eigenvalue weighted by Crippen LogP contribution is -2.16. The zero-order valence-corrected chi connectivity index (χ0v) is 16.2. The molecule has 0 aliphatic carbocycles. The molecule has 0 N–H and O–H groups in total. The molecule has 1 fully saturated rings. The molecule has 1 aliphatic heterocycles. The first-order valence-corrected chi connectivity index (χ1v) is 9.90. The van der Waals surface area contributed by atoms with Crippen molar-refractivity contribution < 1.29 is 4.79 Å². The second kappa shape index (κ2) is 7.65. The minimum absolute atomic E-state index is 0.162.